The average Bonchev–Trinajstić information content (AvgIpc) is 3.22. The summed E-state index contributed by atoms with van der Waals surface area (Å²) in [4.78, 5) is 28.5. The van der Waals surface area contributed by atoms with Crippen LogP contribution in [0.4, 0.5) is 4.79 Å². The van der Waals surface area contributed by atoms with Gasteiger partial charge in [-0.05, 0) is 43.2 Å². The molecule has 1 aromatic rings. The van der Waals surface area contributed by atoms with Gasteiger partial charge in [0.15, 0.2) is 0 Å². The van der Waals surface area contributed by atoms with Crippen molar-refractivity contribution in [2.75, 3.05) is 47.4 Å². The van der Waals surface area contributed by atoms with Crippen molar-refractivity contribution in [3.8, 4) is 11.5 Å². The molecule has 2 fully saturated rings. The molecule has 1 atom stereocenters. The van der Waals surface area contributed by atoms with E-state index in [9.17, 15) is 9.59 Å². The maximum absolute atomic E-state index is 13.0. The van der Waals surface area contributed by atoms with Gasteiger partial charge in [-0.15, -0.1) is 0 Å². The fraction of sp³-hybridized carbons (Fsp3) is 0.600. The third kappa shape index (κ3) is 4.12. The maximum Gasteiger partial charge on any atom is 0.317 e. The second-order valence-electron chi connectivity index (χ2n) is 7.25. The highest BCUT2D eigenvalue weighted by atomic mass is 16.5. The molecule has 2 aliphatic rings. The van der Waals surface area contributed by atoms with Gasteiger partial charge in [0.05, 0.1) is 19.8 Å². The van der Waals surface area contributed by atoms with E-state index < -0.39 is 0 Å². The fourth-order valence-electron chi connectivity index (χ4n) is 4.23. The van der Waals surface area contributed by atoms with E-state index in [4.69, 9.17) is 9.47 Å². The van der Waals surface area contributed by atoms with Crippen LogP contribution in [0.25, 0.3) is 0 Å². The molecule has 7 nitrogen and oxygen atoms in total. The Morgan fingerprint density at radius 3 is 2.30 bits per heavy atom. The second-order valence-corrected chi connectivity index (χ2v) is 7.25. The van der Waals surface area contributed by atoms with Crippen molar-refractivity contribution in [3.05, 3.63) is 23.8 Å². The minimum atomic E-state index is 0.00303. The molecule has 3 amide bonds. The van der Waals surface area contributed by atoms with E-state index in [1.807, 2.05) is 9.80 Å². The molecule has 0 spiro atoms. The molecule has 7 heteroatoms. The Labute approximate surface area is 160 Å². The van der Waals surface area contributed by atoms with Crippen LogP contribution in [0.1, 0.15) is 29.6 Å². The summed E-state index contributed by atoms with van der Waals surface area (Å²) in [5.74, 6) is 2.30. The molecular weight excluding hydrogens is 346 g/mol. The summed E-state index contributed by atoms with van der Waals surface area (Å²) in [7, 11) is 4.83. The first-order valence-electron chi connectivity index (χ1n) is 9.55. The van der Waals surface area contributed by atoms with Crippen LogP contribution >= 0.6 is 0 Å². The number of methoxy groups -OCH3 is 2. The summed E-state index contributed by atoms with van der Waals surface area (Å²) >= 11 is 0. The van der Waals surface area contributed by atoms with Crippen molar-refractivity contribution in [3.63, 3.8) is 0 Å². The second kappa shape index (κ2) is 8.50. The van der Waals surface area contributed by atoms with Crippen molar-refractivity contribution in [2.45, 2.75) is 19.3 Å². The van der Waals surface area contributed by atoms with Gasteiger partial charge in [0, 0.05) is 39.3 Å². The van der Waals surface area contributed by atoms with Crippen molar-refractivity contribution >= 4 is 11.9 Å². The minimum absolute atomic E-state index is 0.00303. The van der Waals surface area contributed by atoms with E-state index in [1.165, 1.54) is 0 Å². The van der Waals surface area contributed by atoms with Crippen LogP contribution in [0.3, 0.4) is 0 Å². The van der Waals surface area contributed by atoms with Gasteiger partial charge in [-0.25, -0.2) is 4.79 Å². The molecule has 27 heavy (non-hydrogen) atoms. The molecule has 1 N–H and O–H groups in total. The minimum Gasteiger partial charge on any atom is -0.497 e. The highest BCUT2D eigenvalue weighted by Crippen LogP contribution is 2.34. The number of nitrogens with zero attached hydrogens (tertiary/aromatic N) is 2. The summed E-state index contributed by atoms with van der Waals surface area (Å²) in [6.07, 6.45) is 3.03. The zero-order valence-electron chi connectivity index (χ0n) is 16.4. The molecule has 0 saturated carbocycles. The number of piperidine rings is 1. The molecule has 0 aromatic heterocycles. The molecule has 0 radical (unpaired) electrons. The quantitative estimate of drug-likeness (QED) is 0.876. The number of nitrogens with one attached hydrogen (secondary N) is 1. The first-order valence-corrected chi connectivity index (χ1v) is 9.55. The third-order valence-corrected chi connectivity index (χ3v) is 5.86. The molecular formula is C20H29N3O4. The zero-order chi connectivity index (χ0) is 19.4. The van der Waals surface area contributed by atoms with Gasteiger partial charge in [0.25, 0.3) is 5.91 Å². The molecule has 1 unspecified atom stereocenters. The first-order chi connectivity index (χ1) is 13.1. The summed E-state index contributed by atoms with van der Waals surface area (Å²) in [6.45, 7) is 3.13. The topological polar surface area (TPSA) is 71.1 Å². The van der Waals surface area contributed by atoms with E-state index in [2.05, 4.69) is 5.32 Å². The summed E-state index contributed by atoms with van der Waals surface area (Å²) in [5.41, 5.74) is 0.577. The Morgan fingerprint density at radius 2 is 1.67 bits per heavy atom. The Morgan fingerprint density at radius 1 is 1.00 bits per heavy atom. The van der Waals surface area contributed by atoms with Crippen molar-refractivity contribution in [2.24, 2.45) is 11.8 Å². The molecule has 2 heterocycles. The lowest BCUT2D eigenvalue weighted by molar-refractivity contribution is 0.0773. The molecule has 0 aliphatic carbocycles. The van der Waals surface area contributed by atoms with Crippen molar-refractivity contribution in [1.29, 1.82) is 0 Å². The van der Waals surface area contributed by atoms with Crippen LogP contribution in [-0.2, 0) is 0 Å². The van der Waals surface area contributed by atoms with Crippen molar-refractivity contribution in [1.82, 2.24) is 15.1 Å². The van der Waals surface area contributed by atoms with E-state index in [0.29, 0.717) is 28.9 Å². The van der Waals surface area contributed by atoms with Crippen LogP contribution in [0, 0.1) is 11.8 Å². The predicted molar refractivity (Wildman–Crippen MR) is 102 cm³/mol. The maximum atomic E-state index is 13.0. The number of rotatable bonds is 4. The number of ether oxygens (including phenoxy) is 2. The monoisotopic (exact) mass is 375 g/mol. The third-order valence-electron chi connectivity index (χ3n) is 5.86. The number of likely N-dealkylation sites (tertiary alicyclic amines) is 2. The van der Waals surface area contributed by atoms with Crippen LogP contribution < -0.4 is 14.8 Å². The van der Waals surface area contributed by atoms with Gasteiger partial charge in [-0.3, -0.25) is 4.79 Å². The lowest BCUT2D eigenvalue weighted by atomic mass is 9.84. The summed E-state index contributed by atoms with van der Waals surface area (Å²) in [5, 5.41) is 2.69. The largest absolute Gasteiger partial charge is 0.497 e. The summed E-state index contributed by atoms with van der Waals surface area (Å²) < 4.78 is 10.6. The number of urea groups is 1. The lowest BCUT2D eigenvalue weighted by Gasteiger charge is -2.34. The molecule has 0 bridgehead atoms. The molecule has 1 aromatic carbocycles. The van der Waals surface area contributed by atoms with Gasteiger partial charge in [0.2, 0.25) is 0 Å². The highest BCUT2D eigenvalue weighted by molar-refractivity contribution is 5.97. The SMILES string of the molecule is CNC(=O)N1CCC(C2CCN(C(=O)c3ccc(OC)cc3OC)C2)CC1. The number of carbonyl (C=O) groups excluding carboxylic acids is 2. The van der Waals surface area contributed by atoms with Crippen molar-refractivity contribution < 1.29 is 19.1 Å². The normalized spacial score (nSPS) is 20.5. The first kappa shape index (κ1) is 19.3. The van der Waals surface area contributed by atoms with Crippen LogP contribution in [0.15, 0.2) is 18.2 Å². The molecule has 2 saturated heterocycles. The van der Waals surface area contributed by atoms with E-state index in [0.717, 1.165) is 45.4 Å². The smallest absolute Gasteiger partial charge is 0.317 e. The number of hydrogen-bond acceptors (Lipinski definition) is 4. The Bertz CT molecular complexity index is 686. The van der Waals surface area contributed by atoms with Gasteiger partial charge >= 0.3 is 6.03 Å². The standard InChI is InChI=1S/C20H29N3O4/c1-21-20(25)22-9-6-14(7-10-22)15-8-11-23(13-15)19(24)17-5-4-16(26-2)12-18(17)27-3/h4-5,12,14-15H,6-11,13H2,1-3H3,(H,21,25). The van der Waals surface area contributed by atoms with Gasteiger partial charge in [-0.1, -0.05) is 0 Å². The highest BCUT2D eigenvalue weighted by Gasteiger charge is 2.35. The van der Waals surface area contributed by atoms with Gasteiger partial charge in [0.1, 0.15) is 11.5 Å². The van der Waals surface area contributed by atoms with Crippen LogP contribution in [-0.4, -0.2) is 69.2 Å². The van der Waals surface area contributed by atoms with E-state index in [1.54, 1.807) is 39.5 Å². The molecule has 148 valence electrons. The number of carbonyl (C=O) groups is 2. The fourth-order valence-corrected chi connectivity index (χ4v) is 4.23. The Hall–Kier alpha value is -2.44. The van der Waals surface area contributed by atoms with E-state index >= 15 is 0 Å². The average molecular weight is 375 g/mol. The zero-order valence-corrected chi connectivity index (χ0v) is 16.4. The summed E-state index contributed by atoms with van der Waals surface area (Å²) in [6, 6.07) is 5.31. The predicted octanol–water partition coefficient (Wildman–Crippen LogP) is 2.22. The number of hydrogen-bond donors (Lipinski definition) is 1. The van der Waals surface area contributed by atoms with Crippen LogP contribution in [0.5, 0.6) is 11.5 Å². The number of amides is 3. The van der Waals surface area contributed by atoms with Gasteiger partial charge in [-0.2, -0.15) is 0 Å². The van der Waals surface area contributed by atoms with E-state index in [-0.39, 0.29) is 11.9 Å². The molecule has 2 aliphatic heterocycles. The Kier molecular flexibility index (Phi) is 6.08. The van der Waals surface area contributed by atoms with Crippen LogP contribution in [0.2, 0.25) is 0 Å². The lowest BCUT2D eigenvalue weighted by Crippen LogP contribution is -2.44. The Balaban J connectivity index is 1.60. The molecule has 3 rings (SSSR count). The number of benzene rings is 1. The van der Waals surface area contributed by atoms with Gasteiger partial charge < -0.3 is 24.6 Å².